The first kappa shape index (κ1) is 16.8. The van der Waals surface area contributed by atoms with Gasteiger partial charge < -0.3 is 15.8 Å². The van der Waals surface area contributed by atoms with Crippen molar-refractivity contribution >= 4 is 5.91 Å². The topological polar surface area (TPSA) is 64.3 Å². The zero-order valence-electron chi connectivity index (χ0n) is 13.8. The molecule has 22 heavy (non-hydrogen) atoms. The fourth-order valence-corrected chi connectivity index (χ4v) is 2.99. The fraction of sp³-hybridized carbons (Fsp3) is 0.611. The van der Waals surface area contributed by atoms with Crippen LogP contribution in [0, 0.1) is 5.92 Å². The summed E-state index contributed by atoms with van der Waals surface area (Å²) in [4.78, 5) is 12.3. The summed E-state index contributed by atoms with van der Waals surface area (Å²) in [6.07, 6.45) is 4.01. The Kier molecular flexibility index (Phi) is 5.83. The molecule has 1 aromatic carbocycles. The van der Waals surface area contributed by atoms with Crippen molar-refractivity contribution in [3.63, 3.8) is 0 Å². The Morgan fingerprint density at radius 3 is 2.50 bits per heavy atom. The monoisotopic (exact) mass is 304 g/mol. The van der Waals surface area contributed by atoms with Crippen LogP contribution in [0.1, 0.15) is 58.1 Å². The smallest absolute Gasteiger partial charge is 0.223 e. The van der Waals surface area contributed by atoms with E-state index in [9.17, 15) is 4.79 Å². The second-order valence-corrected chi connectivity index (χ2v) is 6.59. The number of rotatable bonds is 5. The molecule has 0 aromatic heterocycles. The van der Waals surface area contributed by atoms with Crippen molar-refractivity contribution in [3.05, 3.63) is 29.8 Å². The SMILES string of the molecule is CC(C)Oc1ccc(C(C)NC(=O)C2CCCC(N)C2)cc1. The van der Waals surface area contributed by atoms with Crippen LogP contribution < -0.4 is 15.8 Å². The number of amides is 1. The van der Waals surface area contributed by atoms with Gasteiger partial charge in [0.05, 0.1) is 12.1 Å². The third kappa shape index (κ3) is 4.73. The van der Waals surface area contributed by atoms with Crippen molar-refractivity contribution < 1.29 is 9.53 Å². The van der Waals surface area contributed by atoms with Crippen LogP contribution in [0.3, 0.4) is 0 Å². The molecule has 4 heteroatoms. The molecule has 1 aromatic rings. The average Bonchev–Trinajstić information content (AvgIpc) is 2.47. The molecule has 4 nitrogen and oxygen atoms in total. The standard InChI is InChI=1S/C18H28N2O2/c1-12(2)22-17-9-7-14(8-10-17)13(3)20-18(21)15-5-4-6-16(19)11-15/h7-10,12-13,15-16H,4-6,11,19H2,1-3H3,(H,20,21). The van der Waals surface area contributed by atoms with Gasteiger partial charge in [-0.1, -0.05) is 18.6 Å². The van der Waals surface area contributed by atoms with Gasteiger partial charge in [-0.25, -0.2) is 0 Å². The van der Waals surface area contributed by atoms with Crippen molar-refractivity contribution in [2.75, 3.05) is 0 Å². The zero-order chi connectivity index (χ0) is 16.1. The highest BCUT2D eigenvalue weighted by Crippen LogP contribution is 2.25. The lowest BCUT2D eigenvalue weighted by atomic mass is 9.85. The number of carbonyl (C=O) groups is 1. The zero-order valence-corrected chi connectivity index (χ0v) is 13.8. The van der Waals surface area contributed by atoms with E-state index in [1.54, 1.807) is 0 Å². The Morgan fingerprint density at radius 1 is 1.23 bits per heavy atom. The summed E-state index contributed by atoms with van der Waals surface area (Å²) in [7, 11) is 0. The van der Waals surface area contributed by atoms with Crippen LogP contribution in [-0.2, 0) is 4.79 Å². The Hall–Kier alpha value is -1.55. The number of nitrogens with one attached hydrogen (secondary N) is 1. The van der Waals surface area contributed by atoms with Crippen LogP contribution in [0.2, 0.25) is 0 Å². The highest BCUT2D eigenvalue weighted by Gasteiger charge is 2.26. The molecule has 1 fully saturated rings. The van der Waals surface area contributed by atoms with Crippen molar-refractivity contribution in [1.82, 2.24) is 5.32 Å². The molecule has 1 saturated carbocycles. The van der Waals surface area contributed by atoms with Crippen molar-refractivity contribution in [3.8, 4) is 5.75 Å². The predicted molar refractivity (Wildman–Crippen MR) is 88.7 cm³/mol. The maximum absolute atomic E-state index is 12.3. The Balaban J connectivity index is 1.90. The summed E-state index contributed by atoms with van der Waals surface area (Å²) in [6, 6.07) is 8.10. The Labute approximate surface area is 133 Å². The molecule has 122 valence electrons. The molecule has 0 bridgehead atoms. The van der Waals surface area contributed by atoms with E-state index in [1.165, 1.54) is 0 Å². The molecule has 1 amide bonds. The number of hydrogen-bond donors (Lipinski definition) is 2. The maximum Gasteiger partial charge on any atom is 0.223 e. The first-order chi connectivity index (χ1) is 10.5. The summed E-state index contributed by atoms with van der Waals surface area (Å²) in [5.41, 5.74) is 7.05. The van der Waals surface area contributed by atoms with Crippen molar-refractivity contribution in [2.45, 2.75) is 64.6 Å². The van der Waals surface area contributed by atoms with Gasteiger partial charge in [-0.2, -0.15) is 0 Å². The van der Waals surface area contributed by atoms with E-state index in [1.807, 2.05) is 45.0 Å². The van der Waals surface area contributed by atoms with Gasteiger partial charge in [-0.15, -0.1) is 0 Å². The molecule has 3 atom stereocenters. The number of ether oxygens (including phenoxy) is 1. The fourth-order valence-electron chi connectivity index (χ4n) is 2.99. The maximum atomic E-state index is 12.3. The quantitative estimate of drug-likeness (QED) is 0.878. The van der Waals surface area contributed by atoms with Gasteiger partial charge in [0, 0.05) is 12.0 Å². The first-order valence-corrected chi connectivity index (χ1v) is 8.28. The second-order valence-electron chi connectivity index (χ2n) is 6.59. The minimum atomic E-state index is -0.00116. The highest BCUT2D eigenvalue weighted by atomic mass is 16.5. The summed E-state index contributed by atoms with van der Waals surface area (Å²) in [6.45, 7) is 6.02. The van der Waals surface area contributed by atoms with Gasteiger partial charge in [0.2, 0.25) is 5.91 Å². The van der Waals surface area contributed by atoms with Gasteiger partial charge in [0.15, 0.2) is 0 Å². The number of benzene rings is 1. The van der Waals surface area contributed by atoms with Crippen LogP contribution >= 0.6 is 0 Å². The normalized spacial score (nSPS) is 23.1. The number of hydrogen-bond acceptors (Lipinski definition) is 3. The summed E-state index contributed by atoms with van der Waals surface area (Å²) >= 11 is 0. The minimum Gasteiger partial charge on any atom is -0.491 e. The van der Waals surface area contributed by atoms with E-state index in [0.29, 0.717) is 0 Å². The predicted octanol–water partition coefficient (Wildman–Crippen LogP) is 3.17. The van der Waals surface area contributed by atoms with E-state index < -0.39 is 0 Å². The Morgan fingerprint density at radius 2 is 1.91 bits per heavy atom. The lowest BCUT2D eigenvalue weighted by Crippen LogP contribution is -2.38. The third-order valence-corrected chi connectivity index (χ3v) is 4.20. The van der Waals surface area contributed by atoms with E-state index in [2.05, 4.69) is 5.32 Å². The molecule has 0 spiro atoms. The molecule has 0 radical (unpaired) electrons. The molecule has 0 heterocycles. The highest BCUT2D eigenvalue weighted by molar-refractivity contribution is 5.79. The first-order valence-electron chi connectivity index (χ1n) is 8.28. The lowest BCUT2D eigenvalue weighted by molar-refractivity contribution is -0.126. The molecule has 0 aliphatic heterocycles. The van der Waals surface area contributed by atoms with Gasteiger partial charge in [0.25, 0.3) is 0 Å². The summed E-state index contributed by atoms with van der Waals surface area (Å²) < 4.78 is 5.64. The Bertz CT molecular complexity index is 484. The van der Waals surface area contributed by atoms with E-state index in [-0.39, 0.29) is 30.0 Å². The van der Waals surface area contributed by atoms with Gasteiger partial charge >= 0.3 is 0 Å². The molecule has 1 aliphatic rings. The molecule has 3 N–H and O–H groups in total. The van der Waals surface area contributed by atoms with Crippen molar-refractivity contribution in [1.29, 1.82) is 0 Å². The van der Waals surface area contributed by atoms with Gasteiger partial charge in [-0.3, -0.25) is 4.79 Å². The van der Waals surface area contributed by atoms with Gasteiger partial charge in [-0.05, 0) is 57.7 Å². The largest absolute Gasteiger partial charge is 0.491 e. The molecular weight excluding hydrogens is 276 g/mol. The third-order valence-electron chi connectivity index (χ3n) is 4.20. The minimum absolute atomic E-state index is 0.00116. The molecule has 0 saturated heterocycles. The molecule has 2 rings (SSSR count). The van der Waals surface area contributed by atoms with E-state index in [0.717, 1.165) is 37.0 Å². The molecule has 1 aliphatic carbocycles. The average molecular weight is 304 g/mol. The van der Waals surface area contributed by atoms with Crippen LogP contribution in [0.15, 0.2) is 24.3 Å². The number of nitrogens with two attached hydrogens (primary N) is 1. The van der Waals surface area contributed by atoms with Crippen LogP contribution in [0.5, 0.6) is 5.75 Å². The van der Waals surface area contributed by atoms with E-state index in [4.69, 9.17) is 10.5 Å². The van der Waals surface area contributed by atoms with Crippen molar-refractivity contribution in [2.24, 2.45) is 11.7 Å². The summed E-state index contributed by atoms with van der Waals surface area (Å²) in [5, 5.41) is 3.11. The van der Waals surface area contributed by atoms with Crippen LogP contribution in [0.4, 0.5) is 0 Å². The van der Waals surface area contributed by atoms with Gasteiger partial charge in [0.1, 0.15) is 5.75 Å². The molecular formula is C18H28N2O2. The molecule has 3 unspecified atom stereocenters. The van der Waals surface area contributed by atoms with Crippen LogP contribution in [-0.4, -0.2) is 18.1 Å². The second kappa shape index (κ2) is 7.63. The van der Waals surface area contributed by atoms with Crippen LogP contribution in [0.25, 0.3) is 0 Å². The summed E-state index contributed by atoms with van der Waals surface area (Å²) in [5.74, 6) is 1.05. The van der Waals surface area contributed by atoms with E-state index >= 15 is 0 Å². The lowest BCUT2D eigenvalue weighted by Gasteiger charge is -2.27. The number of carbonyl (C=O) groups excluding carboxylic acids is 1.